The van der Waals surface area contributed by atoms with Gasteiger partial charge < -0.3 is 10.3 Å². The molecule has 0 unspecified atom stereocenters. The first-order chi connectivity index (χ1) is 13.8. The van der Waals surface area contributed by atoms with E-state index >= 15 is 0 Å². The Kier molecular flexibility index (Phi) is 5.95. The van der Waals surface area contributed by atoms with E-state index in [0.29, 0.717) is 23.9 Å². The fraction of sp³-hybridized carbons (Fsp3) is 0.211. The van der Waals surface area contributed by atoms with Gasteiger partial charge in [0.1, 0.15) is 0 Å². The van der Waals surface area contributed by atoms with E-state index in [9.17, 15) is 22.8 Å². The lowest BCUT2D eigenvalue weighted by Crippen LogP contribution is -2.37. The lowest BCUT2D eigenvalue weighted by Gasteiger charge is -2.08. The number of primary sulfonamides is 1. The van der Waals surface area contributed by atoms with Crippen LogP contribution in [0.2, 0.25) is 0 Å². The maximum atomic E-state index is 12.4. The summed E-state index contributed by atoms with van der Waals surface area (Å²) in [6.07, 6.45) is 0.471. The van der Waals surface area contributed by atoms with Gasteiger partial charge in [-0.05, 0) is 36.2 Å². The first-order valence-corrected chi connectivity index (χ1v) is 10.4. The fourth-order valence-electron chi connectivity index (χ4n) is 2.90. The normalized spacial score (nSPS) is 11.5. The second-order valence-electron chi connectivity index (χ2n) is 6.47. The number of hydrogen-bond donors (Lipinski definition) is 3. The molecule has 9 nitrogen and oxygen atoms in total. The van der Waals surface area contributed by atoms with Gasteiger partial charge in [-0.3, -0.25) is 14.2 Å². The molecule has 152 valence electrons. The van der Waals surface area contributed by atoms with Crippen molar-refractivity contribution in [2.45, 2.75) is 24.3 Å². The molecule has 10 heteroatoms. The highest BCUT2D eigenvalue weighted by Crippen LogP contribution is 2.09. The van der Waals surface area contributed by atoms with E-state index in [4.69, 9.17) is 5.14 Å². The third kappa shape index (κ3) is 4.98. The number of fused-ring (bicyclic) bond motifs is 1. The van der Waals surface area contributed by atoms with Crippen LogP contribution in [0.4, 0.5) is 0 Å². The molecule has 0 saturated carbocycles. The Morgan fingerprint density at radius 3 is 2.45 bits per heavy atom. The number of sulfonamides is 1. The Labute approximate surface area is 166 Å². The second kappa shape index (κ2) is 8.41. The molecule has 1 aromatic heterocycles. The Bertz CT molecular complexity index is 1260. The number of carbonyl (C=O) groups excluding carboxylic acids is 1. The van der Waals surface area contributed by atoms with E-state index in [1.54, 1.807) is 36.4 Å². The molecule has 0 radical (unpaired) electrons. The topological polar surface area (TPSA) is 144 Å². The van der Waals surface area contributed by atoms with Crippen LogP contribution < -0.4 is 21.7 Å². The molecule has 29 heavy (non-hydrogen) atoms. The lowest BCUT2D eigenvalue weighted by atomic mass is 10.1. The average Bonchev–Trinajstić information content (AvgIpc) is 2.67. The molecule has 0 aliphatic carbocycles. The van der Waals surface area contributed by atoms with Crippen molar-refractivity contribution in [2.24, 2.45) is 5.14 Å². The number of benzene rings is 2. The summed E-state index contributed by atoms with van der Waals surface area (Å²) in [5.41, 5.74) is 0.292. The van der Waals surface area contributed by atoms with Gasteiger partial charge in [0, 0.05) is 19.5 Å². The molecule has 1 heterocycles. The largest absolute Gasteiger partial charge is 0.356 e. The summed E-state index contributed by atoms with van der Waals surface area (Å²) in [6.45, 7) is 0.296. The second-order valence-corrected chi connectivity index (χ2v) is 8.03. The van der Waals surface area contributed by atoms with E-state index in [2.05, 4.69) is 10.3 Å². The average molecular weight is 416 g/mol. The van der Waals surface area contributed by atoms with E-state index < -0.39 is 21.3 Å². The number of para-hydroxylation sites is 1. The number of aromatic nitrogens is 2. The van der Waals surface area contributed by atoms with Crippen LogP contribution >= 0.6 is 0 Å². The third-order valence-corrected chi connectivity index (χ3v) is 5.37. The highest BCUT2D eigenvalue weighted by molar-refractivity contribution is 7.89. The van der Waals surface area contributed by atoms with Gasteiger partial charge in [0.15, 0.2) is 0 Å². The lowest BCUT2D eigenvalue weighted by molar-refractivity contribution is -0.121. The Morgan fingerprint density at radius 2 is 1.76 bits per heavy atom. The number of nitrogens with zero attached hydrogens (tertiary/aromatic N) is 1. The molecule has 4 N–H and O–H groups in total. The highest BCUT2D eigenvalue weighted by atomic mass is 32.2. The van der Waals surface area contributed by atoms with Crippen molar-refractivity contribution in [1.29, 1.82) is 0 Å². The summed E-state index contributed by atoms with van der Waals surface area (Å²) in [5, 5.41) is 8.14. The first kappa shape index (κ1) is 20.5. The summed E-state index contributed by atoms with van der Waals surface area (Å²) >= 11 is 0. The molecule has 0 bridgehead atoms. The van der Waals surface area contributed by atoms with E-state index in [1.807, 2.05) is 0 Å². The van der Waals surface area contributed by atoms with Gasteiger partial charge in [-0.1, -0.05) is 24.3 Å². The number of nitrogens with one attached hydrogen (secondary N) is 2. The Morgan fingerprint density at radius 1 is 1.07 bits per heavy atom. The summed E-state index contributed by atoms with van der Waals surface area (Å²) in [6, 6.07) is 12.7. The van der Waals surface area contributed by atoms with E-state index in [0.717, 1.165) is 10.1 Å². The minimum Gasteiger partial charge on any atom is -0.356 e. The SMILES string of the molecule is NS(=O)(=O)c1ccc(CCNC(=O)CCn2c(=O)[nH]c3ccccc3c2=O)cc1. The van der Waals surface area contributed by atoms with Crippen LogP contribution in [-0.2, 0) is 27.8 Å². The number of rotatable bonds is 7. The van der Waals surface area contributed by atoms with Gasteiger partial charge in [0.25, 0.3) is 5.56 Å². The van der Waals surface area contributed by atoms with Crippen molar-refractivity contribution in [3.63, 3.8) is 0 Å². The van der Waals surface area contributed by atoms with Crippen LogP contribution in [0.25, 0.3) is 10.9 Å². The number of aromatic amines is 1. The van der Waals surface area contributed by atoms with Gasteiger partial charge in [-0.15, -0.1) is 0 Å². The molecule has 0 spiro atoms. The number of nitrogens with two attached hydrogens (primary N) is 1. The smallest absolute Gasteiger partial charge is 0.328 e. The van der Waals surface area contributed by atoms with Crippen molar-refractivity contribution in [3.05, 3.63) is 74.9 Å². The maximum Gasteiger partial charge on any atom is 0.328 e. The zero-order valence-electron chi connectivity index (χ0n) is 15.4. The minimum atomic E-state index is -3.73. The van der Waals surface area contributed by atoms with Crippen molar-refractivity contribution < 1.29 is 13.2 Å². The number of H-pyrrole nitrogens is 1. The van der Waals surface area contributed by atoms with Gasteiger partial charge in [0.2, 0.25) is 15.9 Å². The maximum absolute atomic E-state index is 12.4. The molecule has 0 fully saturated rings. The summed E-state index contributed by atoms with van der Waals surface area (Å²) < 4.78 is 23.5. The molecule has 0 saturated heterocycles. The van der Waals surface area contributed by atoms with Crippen LogP contribution in [0.3, 0.4) is 0 Å². The van der Waals surface area contributed by atoms with Crippen LogP contribution in [0, 0.1) is 0 Å². The van der Waals surface area contributed by atoms with E-state index in [-0.39, 0.29) is 23.8 Å². The molecule has 0 atom stereocenters. The number of hydrogen-bond acceptors (Lipinski definition) is 5. The van der Waals surface area contributed by atoms with Gasteiger partial charge in [-0.25, -0.2) is 18.4 Å². The summed E-state index contributed by atoms with van der Waals surface area (Å²) in [7, 11) is -3.73. The predicted molar refractivity (Wildman–Crippen MR) is 108 cm³/mol. The van der Waals surface area contributed by atoms with Crippen molar-refractivity contribution in [2.75, 3.05) is 6.54 Å². The van der Waals surface area contributed by atoms with Gasteiger partial charge >= 0.3 is 5.69 Å². The quantitative estimate of drug-likeness (QED) is 0.500. The fourth-order valence-corrected chi connectivity index (χ4v) is 3.41. The van der Waals surface area contributed by atoms with Crippen molar-refractivity contribution >= 4 is 26.8 Å². The molecule has 3 rings (SSSR count). The molecule has 3 aromatic rings. The van der Waals surface area contributed by atoms with Gasteiger partial charge in [0.05, 0.1) is 15.8 Å². The van der Waals surface area contributed by atoms with Crippen molar-refractivity contribution in [1.82, 2.24) is 14.9 Å². The molecule has 1 amide bonds. The van der Waals surface area contributed by atoms with Crippen LogP contribution in [0.1, 0.15) is 12.0 Å². The molecule has 0 aliphatic rings. The van der Waals surface area contributed by atoms with Gasteiger partial charge in [-0.2, -0.15) is 0 Å². The van der Waals surface area contributed by atoms with Crippen LogP contribution in [0.15, 0.2) is 63.0 Å². The van der Waals surface area contributed by atoms with Crippen LogP contribution in [0.5, 0.6) is 0 Å². The third-order valence-electron chi connectivity index (χ3n) is 4.44. The zero-order valence-corrected chi connectivity index (χ0v) is 16.2. The van der Waals surface area contributed by atoms with E-state index in [1.165, 1.54) is 12.1 Å². The molecule has 0 aliphatic heterocycles. The number of carbonyl (C=O) groups is 1. The minimum absolute atomic E-state index is 0.0221. The molecule has 2 aromatic carbocycles. The molecular weight excluding hydrogens is 396 g/mol. The summed E-state index contributed by atoms with van der Waals surface area (Å²) in [5.74, 6) is -0.300. The van der Waals surface area contributed by atoms with Crippen LogP contribution in [-0.4, -0.2) is 30.4 Å². The first-order valence-electron chi connectivity index (χ1n) is 8.86. The molecular formula is C19H20N4O5S. The zero-order chi connectivity index (χ0) is 21.0. The Balaban J connectivity index is 1.55. The van der Waals surface area contributed by atoms with Crippen molar-refractivity contribution in [3.8, 4) is 0 Å². The standard InChI is InChI=1S/C19H20N4O5S/c20-29(27,28)14-7-5-13(6-8-14)9-11-21-17(24)10-12-23-18(25)15-3-1-2-4-16(15)22-19(23)26/h1-8H,9-12H2,(H,21,24)(H,22,26)(H2,20,27,28). The predicted octanol–water partition coefficient (Wildman–Crippen LogP) is 0.0862. The Hall–Kier alpha value is -3.24. The monoisotopic (exact) mass is 416 g/mol. The summed E-state index contributed by atoms with van der Waals surface area (Å²) in [4.78, 5) is 39.2. The highest BCUT2D eigenvalue weighted by Gasteiger charge is 2.10. The number of amides is 1.